The summed E-state index contributed by atoms with van der Waals surface area (Å²) in [4.78, 5) is 11.5. The van der Waals surface area contributed by atoms with Crippen molar-refractivity contribution in [2.45, 2.75) is 11.8 Å². The number of nitrogens with zero attached hydrogens (tertiary/aromatic N) is 1. The van der Waals surface area contributed by atoms with Crippen molar-refractivity contribution >= 4 is 27.3 Å². The molecule has 0 aliphatic rings. The van der Waals surface area contributed by atoms with Gasteiger partial charge < -0.3 is 4.74 Å². The maximum atomic E-state index is 12.3. The van der Waals surface area contributed by atoms with Gasteiger partial charge in [-0.1, -0.05) is 12.8 Å². The Morgan fingerprint density at radius 1 is 1.61 bits per heavy atom. The summed E-state index contributed by atoms with van der Waals surface area (Å²) in [6.45, 7) is 1.89. The van der Waals surface area contributed by atoms with Crippen LogP contribution >= 0.6 is 11.3 Å². The van der Waals surface area contributed by atoms with Gasteiger partial charge in [0.1, 0.15) is 9.77 Å². The van der Waals surface area contributed by atoms with Crippen molar-refractivity contribution in [3.63, 3.8) is 0 Å². The van der Waals surface area contributed by atoms with Crippen LogP contribution in [0.3, 0.4) is 0 Å². The average molecular weight is 287 g/mol. The van der Waals surface area contributed by atoms with Gasteiger partial charge in [0.15, 0.2) is 0 Å². The molecular weight excluding hydrogens is 274 g/mol. The topological polar surface area (TPSA) is 63.7 Å². The molecule has 0 aromatic carbocycles. The predicted octanol–water partition coefficient (Wildman–Crippen LogP) is 1.18. The van der Waals surface area contributed by atoms with Crippen LogP contribution in [0.5, 0.6) is 0 Å². The van der Waals surface area contributed by atoms with E-state index in [1.807, 2.05) is 0 Å². The lowest BCUT2D eigenvalue weighted by Gasteiger charge is -2.17. The van der Waals surface area contributed by atoms with Crippen molar-refractivity contribution in [2.75, 3.05) is 20.2 Å². The Balaban J connectivity index is 3.25. The van der Waals surface area contributed by atoms with E-state index in [-0.39, 0.29) is 22.9 Å². The molecule has 0 aliphatic carbocycles. The van der Waals surface area contributed by atoms with E-state index in [2.05, 4.69) is 10.7 Å². The van der Waals surface area contributed by atoms with Gasteiger partial charge in [-0.15, -0.1) is 17.8 Å². The van der Waals surface area contributed by atoms with Gasteiger partial charge in [-0.25, -0.2) is 13.2 Å². The fourth-order valence-electron chi connectivity index (χ4n) is 1.35. The van der Waals surface area contributed by atoms with Crippen molar-refractivity contribution in [3.8, 4) is 12.3 Å². The third-order valence-corrected chi connectivity index (χ3v) is 5.22. The van der Waals surface area contributed by atoms with E-state index in [4.69, 9.17) is 6.42 Å². The Bertz CT molecular complexity index is 568. The Kier molecular flexibility index (Phi) is 4.90. The maximum absolute atomic E-state index is 12.3. The number of carbonyl (C=O) groups excluding carboxylic acids is 1. The van der Waals surface area contributed by atoms with Crippen LogP contribution in [0.4, 0.5) is 0 Å². The number of thiophene rings is 1. The molecule has 98 valence electrons. The largest absolute Gasteiger partial charge is 0.465 e. The van der Waals surface area contributed by atoms with E-state index in [0.717, 1.165) is 15.6 Å². The van der Waals surface area contributed by atoms with Crippen molar-refractivity contribution in [1.82, 2.24) is 4.31 Å². The third kappa shape index (κ3) is 2.72. The molecule has 0 spiro atoms. The van der Waals surface area contributed by atoms with Crippen LogP contribution in [0.1, 0.15) is 16.6 Å². The molecule has 0 saturated heterocycles. The first-order valence-corrected chi connectivity index (χ1v) is 7.40. The first-order valence-electron chi connectivity index (χ1n) is 5.08. The van der Waals surface area contributed by atoms with Gasteiger partial charge in [-0.2, -0.15) is 4.31 Å². The molecule has 0 bridgehead atoms. The number of hydrogen-bond donors (Lipinski definition) is 0. The summed E-state index contributed by atoms with van der Waals surface area (Å²) < 4.78 is 30.2. The zero-order valence-corrected chi connectivity index (χ0v) is 11.7. The fourth-order valence-corrected chi connectivity index (χ4v) is 4.02. The number of sulfonamides is 1. The van der Waals surface area contributed by atoms with Gasteiger partial charge in [-0.3, -0.25) is 0 Å². The number of carbonyl (C=O) groups is 1. The highest BCUT2D eigenvalue weighted by Crippen LogP contribution is 2.25. The van der Waals surface area contributed by atoms with Crippen LogP contribution in [0.15, 0.2) is 16.3 Å². The summed E-state index contributed by atoms with van der Waals surface area (Å²) >= 11 is 1.02. The minimum absolute atomic E-state index is 0.0324. The van der Waals surface area contributed by atoms with Gasteiger partial charge in [-0.05, 0) is 11.4 Å². The van der Waals surface area contributed by atoms with Crippen LogP contribution in [-0.4, -0.2) is 38.9 Å². The lowest BCUT2D eigenvalue weighted by atomic mass is 10.5. The lowest BCUT2D eigenvalue weighted by molar-refractivity contribution is 0.0602. The summed E-state index contributed by atoms with van der Waals surface area (Å²) in [6, 6.07) is 1.38. The van der Waals surface area contributed by atoms with Crippen LogP contribution in [0, 0.1) is 12.3 Å². The van der Waals surface area contributed by atoms with Crippen molar-refractivity contribution in [3.05, 3.63) is 16.3 Å². The molecule has 0 saturated carbocycles. The summed E-state index contributed by atoms with van der Waals surface area (Å²) in [5.41, 5.74) is 0. The first-order chi connectivity index (χ1) is 8.48. The molecule has 1 rings (SSSR count). The Labute approximate surface area is 110 Å². The first kappa shape index (κ1) is 14.7. The van der Waals surface area contributed by atoms with Crippen LogP contribution < -0.4 is 0 Å². The summed E-state index contributed by atoms with van der Waals surface area (Å²) in [6.07, 6.45) is 5.13. The highest BCUT2D eigenvalue weighted by molar-refractivity contribution is 7.89. The maximum Gasteiger partial charge on any atom is 0.349 e. The highest BCUT2D eigenvalue weighted by atomic mass is 32.2. The van der Waals surface area contributed by atoms with Crippen LogP contribution in [0.2, 0.25) is 0 Å². The minimum Gasteiger partial charge on any atom is -0.465 e. The second-order valence-electron chi connectivity index (χ2n) is 3.24. The zero-order valence-electron chi connectivity index (χ0n) is 10.0. The molecule has 0 N–H and O–H groups in total. The highest BCUT2D eigenvalue weighted by Gasteiger charge is 2.29. The smallest absolute Gasteiger partial charge is 0.349 e. The molecule has 0 amide bonds. The Morgan fingerprint density at radius 3 is 2.78 bits per heavy atom. The Hall–Kier alpha value is -1.36. The SMILES string of the molecule is C#CCN(CC)S(=O)(=O)c1ccsc1C(=O)OC. The standard InChI is InChI=1S/C11H13NO4S2/c1-4-7-12(5-2)18(14,15)9-6-8-17-10(9)11(13)16-3/h1,6,8H,5,7H2,2-3H3. The monoisotopic (exact) mass is 287 g/mol. The van der Waals surface area contributed by atoms with Crippen molar-refractivity contribution < 1.29 is 17.9 Å². The van der Waals surface area contributed by atoms with E-state index in [1.165, 1.54) is 18.6 Å². The molecule has 0 atom stereocenters. The van der Waals surface area contributed by atoms with E-state index < -0.39 is 16.0 Å². The molecule has 0 fully saturated rings. The van der Waals surface area contributed by atoms with Gasteiger partial charge in [0.25, 0.3) is 0 Å². The Morgan fingerprint density at radius 2 is 2.28 bits per heavy atom. The van der Waals surface area contributed by atoms with E-state index in [1.54, 1.807) is 6.92 Å². The second kappa shape index (κ2) is 6.00. The van der Waals surface area contributed by atoms with E-state index in [0.29, 0.717) is 0 Å². The molecule has 18 heavy (non-hydrogen) atoms. The van der Waals surface area contributed by atoms with Gasteiger partial charge >= 0.3 is 5.97 Å². The lowest BCUT2D eigenvalue weighted by Crippen LogP contribution is -2.31. The van der Waals surface area contributed by atoms with Crippen LogP contribution in [0.25, 0.3) is 0 Å². The van der Waals surface area contributed by atoms with Crippen LogP contribution in [-0.2, 0) is 14.8 Å². The molecule has 1 heterocycles. The molecule has 1 aromatic heterocycles. The average Bonchev–Trinajstić information content (AvgIpc) is 2.84. The van der Waals surface area contributed by atoms with Gasteiger partial charge in [0.05, 0.1) is 13.7 Å². The normalized spacial score (nSPS) is 11.2. The molecule has 0 aliphatic heterocycles. The summed E-state index contributed by atoms with van der Waals surface area (Å²) in [7, 11) is -2.55. The van der Waals surface area contributed by atoms with E-state index >= 15 is 0 Å². The summed E-state index contributed by atoms with van der Waals surface area (Å²) in [5, 5.41) is 1.53. The molecule has 1 aromatic rings. The second-order valence-corrected chi connectivity index (χ2v) is 6.06. The van der Waals surface area contributed by atoms with Gasteiger partial charge in [0, 0.05) is 6.54 Å². The molecular formula is C11H13NO4S2. The number of terminal acetylenes is 1. The number of rotatable bonds is 5. The number of esters is 1. The zero-order chi connectivity index (χ0) is 13.8. The third-order valence-electron chi connectivity index (χ3n) is 2.24. The number of hydrogen-bond acceptors (Lipinski definition) is 5. The molecule has 7 heteroatoms. The number of ether oxygens (including phenoxy) is 1. The van der Waals surface area contributed by atoms with E-state index in [9.17, 15) is 13.2 Å². The quantitative estimate of drug-likeness (QED) is 0.602. The fraction of sp³-hybridized carbons (Fsp3) is 0.364. The predicted molar refractivity (Wildman–Crippen MR) is 68.9 cm³/mol. The van der Waals surface area contributed by atoms with Crippen molar-refractivity contribution in [1.29, 1.82) is 0 Å². The minimum atomic E-state index is -3.76. The summed E-state index contributed by atoms with van der Waals surface area (Å²) in [5.74, 6) is 1.62. The van der Waals surface area contributed by atoms with Gasteiger partial charge in [0.2, 0.25) is 10.0 Å². The molecule has 0 radical (unpaired) electrons. The molecule has 5 nitrogen and oxygen atoms in total. The molecule has 0 unspecified atom stereocenters. The van der Waals surface area contributed by atoms with Crippen molar-refractivity contribution in [2.24, 2.45) is 0 Å². The number of methoxy groups -OCH3 is 1.